The summed E-state index contributed by atoms with van der Waals surface area (Å²) in [5, 5.41) is 17.8. The fourth-order valence-corrected chi connectivity index (χ4v) is 2.22. The number of nitriles is 2. The molecular weight excluding hydrogens is 246 g/mol. The molecule has 3 heteroatoms. The molecule has 1 aromatic carbocycles. The van der Waals surface area contributed by atoms with Gasteiger partial charge in [0, 0.05) is 18.6 Å². The molecule has 0 amide bonds. The number of hydrogen-bond donors (Lipinski definition) is 0. The maximum atomic E-state index is 8.89. The molecule has 20 heavy (non-hydrogen) atoms. The van der Waals surface area contributed by atoms with Crippen molar-refractivity contribution in [3.05, 3.63) is 41.0 Å². The van der Waals surface area contributed by atoms with Gasteiger partial charge in [-0.3, -0.25) is 4.90 Å². The summed E-state index contributed by atoms with van der Waals surface area (Å²) in [5.41, 5.74) is 2.22. The quantitative estimate of drug-likeness (QED) is 0.764. The summed E-state index contributed by atoms with van der Waals surface area (Å²) in [4.78, 5) is 2.38. The van der Waals surface area contributed by atoms with E-state index in [1.54, 1.807) is 6.08 Å². The van der Waals surface area contributed by atoms with Crippen molar-refractivity contribution in [1.82, 2.24) is 4.90 Å². The number of allylic oxidation sites excluding steroid dienone is 1. The maximum Gasteiger partial charge on any atom is 0.130 e. The van der Waals surface area contributed by atoms with E-state index in [-0.39, 0.29) is 5.57 Å². The van der Waals surface area contributed by atoms with Gasteiger partial charge in [0.1, 0.15) is 17.7 Å². The minimum absolute atomic E-state index is 0.137. The van der Waals surface area contributed by atoms with Gasteiger partial charge in [-0.2, -0.15) is 10.5 Å². The second kappa shape index (κ2) is 7.48. The Morgan fingerprint density at radius 1 is 1.10 bits per heavy atom. The van der Waals surface area contributed by atoms with Gasteiger partial charge >= 0.3 is 0 Å². The molecular formula is C17H21N3. The first-order valence-corrected chi connectivity index (χ1v) is 6.85. The summed E-state index contributed by atoms with van der Waals surface area (Å²) < 4.78 is 0. The smallest absolute Gasteiger partial charge is 0.130 e. The van der Waals surface area contributed by atoms with Crippen molar-refractivity contribution < 1.29 is 0 Å². The van der Waals surface area contributed by atoms with Gasteiger partial charge in [0.25, 0.3) is 0 Å². The van der Waals surface area contributed by atoms with Crippen LogP contribution in [0.3, 0.4) is 0 Å². The Kier molecular flexibility index (Phi) is 5.97. The lowest BCUT2D eigenvalue weighted by atomic mass is 10.0. The van der Waals surface area contributed by atoms with Gasteiger partial charge in [-0.25, -0.2) is 0 Å². The minimum Gasteiger partial charge on any atom is -0.294 e. The van der Waals surface area contributed by atoms with Crippen molar-refractivity contribution in [2.24, 2.45) is 0 Å². The third-order valence-corrected chi connectivity index (χ3v) is 3.28. The number of rotatable bonds is 5. The lowest BCUT2D eigenvalue weighted by molar-refractivity contribution is 0.166. The zero-order chi connectivity index (χ0) is 15.1. The highest BCUT2D eigenvalue weighted by Gasteiger charge is 2.15. The summed E-state index contributed by atoms with van der Waals surface area (Å²) in [6.07, 6.45) is 1.66. The van der Waals surface area contributed by atoms with Crippen molar-refractivity contribution in [3.63, 3.8) is 0 Å². The van der Waals surface area contributed by atoms with Gasteiger partial charge in [0.15, 0.2) is 0 Å². The molecule has 0 fully saturated rings. The lowest BCUT2D eigenvalue weighted by Crippen LogP contribution is -2.36. The molecule has 0 aliphatic carbocycles. The molecule has 0 N–H and O–H groups in total. The van der Waals surface area contributed by atoms with Gasteiger partial charge in [0.05, 0.1) is 0 Å². The van der Waals surface area contributed by atoms with E-state index in [0.29, 0.717) is 12.1 Å². The first kappa shape index (κ1) is 16.0. The average molecular weight is 267 g/mol. The Hall–Kier alpha value is -2.10. The summed E-state index contributed by atoms with van der Waals surface area (Å²) in [6.45, 7) is 9.51. The lowest BCUT2D eigenvalue weighted by Gasteiger charge is -2.31. The van der Waals surface area contributed by atoms with E-state index in [9.17, 15) is 0 Å². The van der Waals surface area contributed by atoms with E-state index >= 15 is 0 Å². The van der Waals surface area contributed by atoms with Crippen molar-refractivity contribution in [2.75, 3.05) is 0 Å². The molecule has 1 rings (SSSR count). The largest absolute Gasteiger partial charge is 0.294 e. The predicted octanol–water partition coefficient (Wildman–Crippen LogP) is 3.74. The second-order valence-electron chi connectivity index (χ2n) is 5.34. The molecule has 0 aliphatic rings. The van der Waals surface area contributed by atoms with Crippen molar-refractivity contribution >= 4 is 6.08 Å². The SMILES string of the molecule is CC(C)N(Cc1ccccc1C=C(C#N)C#N)C(C)C. The number of benzene rings is 1. The molecule has 0 spiro atoms. The highest BCUT2D eigenvalue weighted by Crippen LogP contribution is 2.18. The van der Waals surface area contributed by atoms with Crippen molar-refractivity contribution in [3.8, 4) is 12.1 Å². The number of hydrogen-bond acceptors (Lipinski definition) is 3. The Balaban J connectivity index is 3.12. The first-order chi connectivity index (χ1) is 9.49. The highest BCUT2D eigenvalue weighted by atomic mass is 15.2. The fourth-order valence-electron chi connectivity index (χ4n) is 2.22. The first-order valence-electron chi connectivity index (χ1n) is 6.85. The Morgan fingerprint density at radius 2 is 1.65 bits per heavy atom. The van der Waals surface area contributed by atoms with Crippen LogP contribution in [0.15, 0.2) is 29.8 Å². The van der Waals surface area contributed by atoms with E-state index in [0.717, 1.165) is 17.7 Å². The second-order valence-corrected chi connectivity index (χ2v) is 5.34. The van der Waals surface area contributed by atoms with Gasteiger partial charge in [-0.1, -0.05) is 24.3 Å². The van der Waals surface area contributed by atoms with Crippen LogP contribution in [0.2, 0.25) is 0 Å². The predicted molar refractivity (Wildman–Crippen MR) is 81.5 cm³/mol. The molecule has 104 valence electrons. The molecule has 0 bridgehead atoms. The molecule has 0 radical (unpaired) electrons. The Morgan fingerprint density at radius 3 is 2.15 bits per heavy atom. The molecule has 0 aliphatic heterocycles. The molecule has 0 atom stereocenters. The van der Waals surface area contributed by atoms with Gasteiger partial charge < -0.3 is 0 Å². The van der Waals surface area contributed by atoms with Crippen LogP contribution in [0, 0.1) is 22.7 Å². The standard InChI is InChI=1S/C17H21N3/c1-13(2)20(14(3)4)12-17-8-6-5-7-16(17)9-15(10-18)11-19/h5-9,13-14H,12H2,1-4H3. The van der Waals surface area contributed by atoms with Gasteiger partial charge in [0.2, 0.25) is 0 Å². The van der Waals surface area contributed by atoms with Crippen LogP contribution in [-0.2, 0) is 6.54 Å². The summed E-state index contributed by atoms with van der Waals surface area (Å²) >= 11 is 0. The van der Waals surface area contributed by atoms with Gasteiger partial charge in [-0.05, 0) is 44.9 Å². The molecule has 3 nitrogen and oxygen atoms in total. The monoisotopic (exact) mass is 267 g/mol. The van der Waals surface area contributed by atoms with Crippen LogP contribution in [0.25, 0.3) is 6.08 Å². The number of nitrogens with zero attached hydrogens (tertiary/aromatic N) is 3. The van der Waals surface area contributed by atoms with E-state index in [1.165, 1.54) is 0 Å². The maximum absolute atomic E-state index is 8.89. The third-order valence-electron chi connectivity index (χ3n) is 3.28. The zero-order valence-electron chi connectivity index (χ0n) is 12.6. The van der Waals surface area contributed by atoms with Crippen LogP contribution in [0.4, 0.5) is 0 Å². The average Bonchev–Trinajstić information content (AvgIpc) is 2.42. The normalized spacial score (nSPS) is 10.4. The van der Waals surface area contributed by atoms with E-state index in [2.05, 4.69) is 38.7 Å². The van der Waals surface area contributed by atoms with E-state index in [1.807, 2.05) is 30.3 Å². The third kappa shape index (κ3) is 4.23. The molecule has 0 saturated carbocycles. The molecule has 0 unspecified atom stereocenters. The van der Waals surface area contributed by atoms with Gasteiger partial charge in [-0.15, -0.1) is 0 Å². The fraction of sp³-hybridized carbons (Fsp3) is 0.412. The van der Waals surface area contributed by atoms with Crippen LogP contribution in [0.5, 0.6) is 0 Å². The Labute approximate surface area is 121 Å². The zero-order valence-corrected chi connectivity index (χ0v) is 12.6. The topological polar surface area (TPSA) is 50.8 Å². The minimum atomic E-state index is 0.137. The summed E-state index contributed by atoms with van der Waals surface area (Å²) in [5.74, 6) is 0. The molecule has 0 saturated heterocycles. The van der Waals surface area contributed by atoms with Crippen molar-refractivity contribution in [1.29, 1.82) is 10.5 Å². The van der Waals surface area contributed by atoms with Crippen molar-refractivity contribution in [2.45, 2.75) is 46.3 Å². The van der Waals surface area contributed by atoms with E-state index in [4.69, 9.17) is 10.5 Å². The van der Waals surface area contributed by atoms with E-state index < -0.39 is 0 Å². The molecule has 0 aromatic heterocycles. The highest BCUT2D eigenvalue weighted by molar-refractivity contribution is 5.64. The summed E-state index contributed by atoms with van der Waals surface area (Å²) in [7, 11) is 0. The molecule has 1 aromatic rings. The van der Waals surface area contributed by atoms with Crippen LogP contribution >= 0.6 is 0 Å². The Bertz CT molecular complexity index is 532. The van der Waals surface area contributed by atoms with Crippen LogP contribution in [-0.4, -0.2) is 17.0 Å². The van der Waals surface area contributed by atoms with Crippen LogP contribution in [0.1, 0.15) is 38.8 Å². The molecule has 0 heterocycles. The van der Waals surface area contributed by atoms with Crippen LogP contribution < -0.4 is 0 Å². The summed E-state index contributed by atoms with van der Waals surface area (Å²) in [6, 6.07) is 12.6.